The molecule has 2 atom stereocenters. The second kappa shape index (κ2) is 6.44. The van der Waals surface area contributed by atoms with Crippen LogP contribution in [0.1, 0.15) is 34.6 Å². The summed E-state index contributed by atoms with van der Waals surface area (Å²) in [6.07, 6.45) is 3.87. The molecule has 4 rings (SSSR count). The summed E-state index contributed by atoms with van der Waals surface area (Å²) in [6.45, 7) is 0.873. The average molecular weight is 393 g/mol. The fraction of sp³-hybridized carbons (Fsp3) is 0.368. The molecule has 0 aromatic heterocycles. The van der Waals surface area contributed by atoms with Gasteiger partial charge in [0.1, 0.15) is 5.75 Å². The SMILES string of the molecule is CS(=O)(=O)Nc1ccc2c(c1)CC[C@@H]1NCCc3cc(Cl)c(O)cc3[C@@H]21. The van der Waals surface area contributed by atoms with E-state index in [9.17, 15) is 13.5 Å². The smallest absolute Gasteiger partial charge is 0.229 e. The number of aryl methyl sites for hydroxylation is 1. The number of sulfonamides is 1. The zero-order valence-electron chi connectivity index (χ0n) is 14.4. The summed E-state index contributed by atoms with van der Waals surface area (Å²) in [5.74, 6) is 0.222. The van der Waals surface area contributed by atoms with E-state index >= 15 is 0 Å². The van der Waals surface area contributed by atoms with Crippen molar-refractivity contribution in [2.75, 3.05) is 17.5 Å². The molecule has 138 valence electrons. The van der Waals surface area contributed by atoms with Gasteiger partial charge in [0.15, 0.2) is 0 Å². The number of aromatic hydroxyl groups is 1. The summed E-state index contributed by atoms with van der Waals surface area (Å²) in [6, 6.07) is 9.68. The van der Waals surface area contributed by atoms with Crippen molar-refractivity contribution in [2.24, 2.45) is 0 Å². The fourth-order valence-corrected chi connectivity index (χ4v) is 4.96. The van der Waals surface area contributed by atoms with Crippen molar-refractivity contribution in [1.29, 1.82) is 0 Å². The lowest BCUT2D eigenvalue weighted by Gasteiger charge is -2.34. The highest BCUT2D eigenvalue weighted by Gasteiger charge is 2.34. The van der Waals surface area contributed by atoms with Crippen molar-refractivity contribution in [3.63, 3.8) is 0 Å². The quantitative estimate of drug-likeness (QED) is 0.734. The number of phenolic OH excluding ortho intramolecular Hbond substituents is 1. The summed E-state index contributed by atoms with van der Waals surface area (Å²) in [4.78, 5) is 0. The molecule has 2 aromatic carbocycles. The summed E-state index contributed by atoms with van der Waals surface area (Å²) >= 11 is 6.12. The monoisotopic (exact) mass is 392 g/mol. The van der Waals surface area contributed by atoms with Gasteiger partial charge in [0.05, 0.1) is 11.3 Å². The van der Waals surface area contributed by atoms with E-state index < -0.39 is 10.0 Å². The second-order valence-corrected chi connectivity index (χ2v) is 9.27. The van der Waals surface area contributed by atoms with Gasteiger partial charge in [-0.3, -0.25) is 4.72 Å². The van der Waals surface area contributed by atoms with Crippen LogP contribution in [0.3, 0.4) is 0 Å². The minimum Gasteiger partial charge on any atom is -0.506 e. The molecule has 0 radical (unpaired) electrons. The van der Waals surface area contributed by atoms with E-state index in [1.807, 2.05) is 24.3 Å². The fourth-order valence-electron chi connectivity index (χ4n) is 4.22. The summed E-state index contributed by atoms with van der Waals surface area (Å²) in [5.41, 5.74) is 5.16. The molecule has 26 heavy (non-hydrogen) atoms. The predicted molar refractivity (Wildman–Crippen MR) is 104 cm³/mol. The number of fused-ring (bicyclic) bond motifs is 5. The molecule has 1 aliphatic heterocycles. The van der Waals surface area contributed by atoms with Crippen LogP contribution >= 0.6 is 11.6 Å². The first-order valence-corrected chi connectivity index (χ1v) is 10.9. The number of phenols is 1. The zero-order chi connectivity index (χ0) is 18.5. The van der Waals surface area contributed by atoms with Gasteiger partial charge in [-0.05, 0) is 72.3 Å². The van der Waals surface area contributed by atoms with Gasteiger partial charge in [0.2, 0.25) is 10.0 Å². The molecule has 2 aliphatic rings. The lowest BCUT2D eigenvalue weighted by atomic mass is 9.74. The molecule has 5 nitrogen and oxygen atoms in total. The predicted octanol–water partition coefficient (Wildman–Crippen LogP) is 3.01. The molecule has 0 unspecified atom stereocenters. The van der Waals surface area contributed by atoms with Crippen molar-refractivity contribution < 1.29 is 13.5 Å². The summed E-state index contributed by atoms with van der Waals surface area (Å²) in [5, 5.41) is 14.2. The van der Waals surface area contributed by atoms with Gasteiger partial charge in [-0.15, -0.1) is 0 Å². The number of hydrogen-bond donors (Lipinski definition) is 3. The normalized spacial score (nSPS) is 21.9. The van der Waals surface area contributed by atoms with Crippen molar-refractivity contribution in [1.82, 2.24) is 5.32 Å². The number of benzene rings is 2. The van der Waals surface area contributed by atoms with Gasteiger partial charge in [0, 0.05) is 17.6 Å². The maximum atomic E-state index is 11.5. The molecular formula is C19H21ClN2O3S. The molecule has 3 N–H and O–H groups in total. The van der Waals surface area contributed by atoms with Gasteiger partial charge in [0.25, 0.3) is 0 Å². The standard InChI is InChI=1S/C19H21ClN2O3S/c1-26(24,25)22-13-3-4-14-11(8-13)2-5-17-19(14)15-10-18(23)16(20)9-12(15)6-7-21-17/h3-4,8-10,17,19,21-23H,2,5-7H2,1H3/t17-,19+/m0/s1. The maximum Gasteiger partial charge on any atom is 0.229 e. The Morgan fingerprint density at radius 2 is 1.92 bits per heavy atom. The van der Waals surface area contributed by atoms with Crippen LogP contribution in [0.15, 0.2) is 30.3 Å². The van der Waals surface area contributed by atoms with E-state index in [1.165, 1.54) is 5.56 Å². The maximum absolute atomic E-state index is 11.5. The molecule has 0 bridgehead atoms. The van der Waals surface area contributed by atoms with Crippen molar-refractivity contribution >= 4 is 27.3 Å². The molecule has 0 amide bonds. The van der Waals surface area contributed by atoms with E-state index in [4.69, 9.17) is 11.6 Å². The number of nitrogens with one attached hydrogen (secondary N) is 2. The Labute approximate surface area is 158 Å². The van der Waals surface area contributed by atoms with E-state index in [0.717, 1.165) is 48.8 Å². The zero-order valence-corrected chi connectivity index (χ0v) is 16.0. The lowest BCUT2D eigenvalue weighted by molar-refractivity contribution is 0.432. The molecule has 1 heterocycles. The first-order chi connectivity index (χ1) is 12.3. The minimum absolute atomic E-state index is 0.105. The van der Waals surface area contributed by atoms with Crippen LogP contribution in [-0.4, -0.2) is 32.4 Å². The highest BCUT2D eigenvalue weighted by Crippen LogP contribution is 2.43. The van der Waals surface area contributed by atoms with Gasteiger partial charge < -0.3 is 10.4 Å². The third-order valence-electron chi connectivity index (χ3n) is 5.25. The Bertz CT molecular complexity index is 975. The van der Waals surface area contributed by atoms with Crippen molar-refractivity contribution in [3.8, 4) is 5.75 Å². The number of anilines is 1. The molecule has 7 heteroatoms. The molecule has 0 fully saturated rings. The van der Waals surface area contributed by atoms with Gasteiger partial charge in [-0.2, -0.15) is 0 Å². The Morgan fingerprint density at radius 1 is 1.15 bits per heavy atom. The van der Waals surface area contributed by atoms with Crippen molar-refractivity contribution in [2.45, 2.75) is 31.2 Å². The van der Waals surface area contributed by atoms with Gasteiger partial charge in [-0.1, -0.05) is 17.7 Å². The molecule has 0 saturated heterocycles. The van der Waals surface area contributed by atoms with Crippen LogP contribution in [0.2, 0.25) is 5.02 Å². The Morgan fingerprint density at radius 3 is 2.69 bits per heavy atom. The molecule has 1 aliphatic carbocycles. The van der Waals surface area contributed by atoms with Gasteiger partial charge in [-0.25, -0.2) is 8.42 Å². The molecule has 2 aromatic rings. The van der Waals surface area contributed by atoms with E-state index in [-0.39, 0.29) is 17.7 Å². The highest BCUT2D eigenvalue weighted by molar-refractivity contribution is 7.92. The van der Waals surface area contributed by atoms with Crippen LogP contribution in [0.5, 0.6) is 5.75 Å². The molecular weight excluding hydrogens is 372 g/mol. The van der Waals surface area contributed by atoms with Crippen LogP contribution in [0.25, 0.3) is 0 Å². The van der Waals surface area contributed by atoms with Gasteiger partial charge >= 0.3 is 0 Å². The number of halogens is 1. The van der Waals surface area contributed by atoms with Crippen LogP contribution in [0.4, 0.5) is 5.69 Å². The summed E-state index contributed by atoms with van der Waals surface area (Å²) in [7, 11) is -3.30. The highest BCUT2D eigenvalue weighted by atomic mass is 35.5. The van der Waals surface area contributed by atoms with E-state index in [1.54, 1.807) is 6.07 Å². The molecule has 0 spiro atoms. The Kier molecular flexibility index (Phi) is 4.37. The lowest BCUT2D eigenvalue weighted by Crippen LogP contribution is -2.38. The van der Waals surface area contributed by atoms with Crippen LogP contribution < -0.4 is 10.0 Å². The number of rotatable bonds is 2. The minimum atomic E-state index is -3.30. The van der Waals surface area contributed by atoms with Crippen LogP contribution in [-0.2, 0) is 22.9 Å². The summed E-state index contributed by atoms with van der Waals surface area (Å²) < 4.78 is 25.6. The van der Waals surface area contributed by atoms with E-state index in [0.29, 0.717) is 10.7 Å². The second-order valence-electron chi connectivity index (χ2n) is 7.12. The topological polar surface area (TPSA) is 78.4 Å². The Balaban J connectivity index is 1.82. The number of hydrogen-bond acceptors (Lipinski definition) is 4. The average Bonchev–Trinajstić information content (AvgIpc) is 2.73. The van der Waals surface area contributed by atoms with Crippen molar-refractivity contribution in [3.05, 3.63) is 57.6 Å². The third-order valence-corrected chi connectivity index (χ3v) is 6.16. The molecule has 0 saturated carbocycles. The largest absolute Gasteiger partial charge is 0.506 e. The Hall–Kier alpha value is -1.76. The van der Waals surface area contributed by atoms with Crippen LogP contribution in [0, 0.1) is 0 Å². The first-order valence-electron chi connectivity index (χ1n) is 8.67. The van der Waals surface area contributed by atoms with E-state index in [2.05, 4.69) is 10.0 Å². The third kappa shape index (κ3) is 3.29. The first kappa shape index (κ1) is 17.6.